The Balaban J connectivity index is 1.63. The van der Waals surface area contributed by atoms with Gasteiger partial charge in [-0.3, -0.25) is 0 Å². The quantitative estimate of drug-likeness (QED) is 0.812. The highest BCUT2D eigenvalue weighted by Crippen LogP contribution is 2.23. The minimum absolute atomic E-state index is 0.905. The van der Waals surface area contributed by atoms with Gasteiger partial charge in [0.2, 0.25) is 0 Å². The van der Waals surface area contributed by atoms with Gasteiger partial charge in [-0.1, -0.05) is 6.92 Å². The Morgan fingerprint density at radius 2 is 2.19 bits per heavy atom. The summed E-state index contributed by atoms with van der Waals surface area (Å²) >= 11 is 2.11. The zero-order valence-corrected chi connectivity index (χ0v) is 11.4. The molecule has 2 unspecified atom stereocenters. The molecule has 2 fully saturated rings. The summed E-state index contributed by atoms with van der Waals surface area (Å²) < 4.78 is 0. The lowest BCUT2D eigenvalue weighted by molar-refractivity contribution is 0.222. The average Bonchev–Trinajstić information content (AvgIpc) is 2.38. The van der Waals surface area contributed by atoms with Crippen molar-refractivity contribution in [2.75, 3.05) is 44.2 Å². The van der Waals surface area contributed by atoms with E-state index in [9.17, 15) is 0 Å². The molecule has 1 N–H and O–H groups in total. The molecule has 2 aliphatic heterocycles. The Bertz CT molecular complexity index is 186. The van der Waals surface area contributed by atoms with Crippen molar-refractivity contribution in [3.8, 4) is 0 Å². The molecular formula is C13H26N2S. The maximum absolute atomic E-state index is 3.54. The van der Waals surface area contributed by atoms with Crippen LogP contribution in [0.2, 0.25) is 0 Å². The van der Waals surface area contributed by atoms with Crippen LogP contribution < -0.4 is 5.32 Å². The van der Waals surface area contributed by atoms with E-state index in [0.717, 1.165) is 11.8 Å². The molecule has 2 heterocycles. The molecule has 0 amide bonds. The van der Waals surface area contributed by atoms with E-state index in [4.69, 9.17) is 0 Å². The minimum Gasteiger partial charge on any atom is -0.316 e. The predicted octanol–water partition coefficient (Wildman–Crippen LogP) is 2.06. The molecule has 0 radical (unpaired) electrons. The number of nitrogens with zero attached hydrogens (tertiary/aromatic N) is 1. The number of piperidine rings is 1. The van der Waals surface area contributed by atoms with Crippen molar-refractivity contribution in [1.82, 2.24) is 10.2 Å². The number of thioether (sulfide) groups is 1. The van der Waals surface area contributed by atoms with Crippen LogP contribution in [0.5, 0.6) is 0 Å². The van der Waals surface area contributed by atoms with Gasteiger partial charge in [0.15, 0.2) is 0 Å². The normalized spacial score (nSPS) is 30.2. The number of rotatable bonds is 4. The molecular weight excluding hydrogens is 216 g/mol. The molecule has 0 saturated carbocycles. The Labute approximate surface area is 105 Å². The van der Waals surface area contributed by atoms with Gasteiger partial charge in [0.25, 0.3) is 0 Å². The third-order valence-electron chi connectivity index (χ3n) is 4.14. The zero-order chi connectivity index (χ0) is 11.2. The maximum Gasteiger partial charge on any atom is 0.00727 e. The van der Waals surface area contributed by atoms with Crippen LogP contribution in [0.3, 0.4) is 0 Å². The zero-order valence-electron chi connectivity index (χ0n) is 10.6. The second-order valence-electron chi connectivity index (χ2n) is 5.33. The van der Waals surface area contributed by atoms with Gasteiger partial charge in [0.1, 0.15) is 0 Å². The van der Waals surface area contributed by atoms with Crippen molar-refractivity contribution in [2.45, 2.75) is 26.2 Å². The van der Waals surface area contributed by atoms with Gasteiger partial charge in [-0.25, -0.2) is 0 Å². The highest BCUT2D eigenvalue weighted by atomic mass is 32.2. The highest BCUT2D eigenvalue weighted by Gasteiger charge is 2.20. The lowest BCUT2D eigenvalue weighted by Crippen LogP contribution is -2.37. The van der Waals surface area contributed by atoms with Gasteiger partial charge < -0.3 is 10.2 Å². The second-order valence-corrected chi connectivity index (χ2v) is 6.55. The van der Waals surface area contributed by atoms with Crippen LogP contribution in [0.25, 0.3) is 0 Å². The van der Waals surface area contributed by atoms with E-state index in [0.29, 0.717) is 0 Å². The van der Waals surface area contributed by atoms with E-state index in [1.54, 1.807) is 0 Å². The van der Waals surface area contributed by atoms with Crippen molar-refractivity contribution in [3.05, 3.63) is 0 Å². The first-order valence-corrected chi connectivity index (χ1v) is 8.02. The molecule has 3 heteroatoms. The van der Waals surface area contributed by atoms with Crippen LogP contribution in [-0.2, 0) is 0 Å². The Kier molecular flexibility index (Phi) is 5.46. The fraction of sp³-hybridized carbons (Fsp3) is 1.00. The number of hydrogen-bond acceptors (Lipinski definition) is 3. The molecule has 0 aliphatic carbocycles. The van der Waals surface area contributed by atoms with Gasteiger partial charge in [-0.2, -0.15) is 11.8 Å². The summed E-state index contributed by atoms with van der Waals surface area (Å²) in [5.41, 5.74) is 0. The fourth-order valence-electron chi connectivity index (χ4n) is 2.81. The van der Waals surface area contributed by atoms with E-state index in [-0.39, 0.29) is 0 Å². The van der Waals surface area contributed by atoms with E-state index in [1.165, 1.54) is 63.5 Å². The second kappa shape index (κ2) is 6.87. The smallest absolute Gasteiger partial charge is 0.00727 e. The minimum atomic E-state index is 0.905. The molecule has 94 valence electrons. The van der Waals surface area contributed by atoms with Crippen molar-refractivity contribution < 1.29 is 0 Å². The molecule has 16 heavy (non-hydrogen) atoms. The van der Waals surface area contributed by atoms with E-state index in [2.05, 4.69) is 28.9 Å². The van der Waals surface area contributed by atoms with Gasteiger partial charge in [-0.05, 0) is 50.7 Å². The molecule has 0 aromatic carbocycles. The predicted molar refractivity (Wildman–Crippen MR) is 73.1 cm³/mol. The van der Waals surface area contributed by atoms with Gasteiger partial charge >= 0.3 is 0 Å². The third kappa shape index (κ3) is 3.94. The SMILES string of the molecule is CC(CCN1CCSCC1)C1CCCNC1. The summed E-state index contributed by atoms with van der Waals surface area (Å²) in [7, 11) is 0. The van der Waals surface area contributed by atoms with Crippen LogP contribution in [-0.4, -0.2) is 49.1 Å². The van der Waals surface area contributed by atoms with Gasteiger partial charge in [-0.15, -0.1) is 0 Å². The largest absolute Gasteiger partial charge is 0.316 e. The molecule has 2 rings (SSSR count). The van der Waals surface area contributed by atoms with Crippen LogP contribution in [0, 0.1) is 11.8 Å². The lowest BCUT2D eigenvalue weighted by atomic mass is 9.85. The van der Waals surface area contributed by atoms with Crippen LogP contribution in [0.1, 0.15) is 26.2 Å². The number of hydrogen-bond donors (Lipinski definition) is 1. The Hall–Kier alpha value is 0.270. The summed E-state index contributed by atoms with van der Waals surface area (Å²) in [6.07, 6.45) is 4.23. The van der Waals surface area contributed by atoms with E-state index in [1.807, 2.05) is 0 Å². The van der Waals surface area contributed by atoms with Gasteiger partial charge in [0.05, 0.1) is 0 Å². The Morgan fingerprint density at radius 3 is 2.88 bits per heavy atom. The maximum atomic E-state index is 3.54. The van der Waals surface area contributed by atoms with Gasteiger partial charge in [0, 0.05) is 24.6 Å². The molecule has 2 atom stereocenters. The first kappa shape index (κ1) is 12.7. The third-order valence-corrected chi connectivity index (χ3v) is 5.09. The van der Waals surface area contributed by atoms with Crippen LogP contribution in [0.15, 0.2) is 0 Å². The van der Waals surface area contributed by atoms with Crippen molar-refractivity contribution in [3.63, 3.8) is 0 Å². The lowest BCUT2D eigenvalue weighted by Gasteiger charge is -2.31. The van der Waals surface area contributed by atoms with E-state index < -0.39 is 0 Å². The molecule has 2 nitrogen and oxygen atoms in total. The standard InChI is InChI=1S/C13H26N2S/c1-12(13-3-2-5-14-11-13)4-6-15-7-9-16-10-8-15/h12-14H,2-11H2,1H3. The topological polar surface area (TPSA) is 15.3 Å². The van der Waals surface area contributed by atoms with Crippen LogP contribution >= 0.6 is 11.8 Å². The average molecular weight is 242 g/mol. The van der Waals surface area contributed by atoms with Crippen LogP contribution in [0.4, 0.5) is 0 Å². The molecule has 2 saturated heterocycles. The summed E-state index contributed by atoms with van der Waals surface area (Å²) in [4.78, 5) is 2.66. The molecule has 2 aliphatic rings. The first-order valence-electron chi connectivity index (χ1n) is 6.87. The monoisotopic (exact) mass is 242 g/mol. The summed E-state index contributed by atoms with van der Waals surface area (Å²) in [5, 5.41) is 3.54. The first-order chi connectivity index (χ1) is 7.86. The molecule has 0 aromatic heterocycles. The fourth-order valence-corrected chi connectivity index (χ4v) is 3.79. The summed E-state index contributed by atoms with van der Waals surface area (Å²) in [5.74, 6) is 4.54. The molecule has 0 aromatic rings. The van der Waals surface area contributed by atoms with Crippen molar-refractivity contribution in [1.29, 1.82) is 0 Å². The summed E-state index contributed by atoms with van der Waals surface area (Å²) in [6, 6.07) is 0. The Morgan fingerprint density at radius 1 is 1.38 bits per heavy atom. The molecule has 0 bridgehead atoms. The highest BCUT2D eigenvalue weighted by molar-refractivity contribution is 7.99. The van der Waals surface area contributed by atoms with E-state index >= 15 is 0 Å². The number of nitrogens with one attached hydrogen (secondary N) is 1. The van der Waals surface area contributed by atoms with Crippen molar-refractivity contribution in [2.24, 2.45) is 11.8 Å². The molecule has 0 spiro atoms. The summed E-state index contributed by atoms with van der Waals surface area (Å²) in [6.45, 7) is 8.93. The van der Waals surface area contributed by atoms with Crippen molar-refractivity contribution >= 4 is 11.8 Å².